The van der Waals surface area contributed by atoms with Gasteiger partial charge in [-0.15, -0.1) is 11.3 Å². The number of aliphatic hydroxyl groups is 1. The number of benzene rings is 1. The Morgan fingerprint density at radius 2 is 1.96 bits per heavy atom. The maximum absolute atomic E-state index is 10.6. The molecule has 3 aromatic rings. The van der Waals surface area contributed by atoms with Gasteiger partial charge in [0.2, 0.25) is 0 Å². The van der Waals surface area contributed by atoms with Gasteiger partial charge in [0.05, 0.1) is 17.5 Å². The summed E-state index contributed by atoms with van der Waals surface area (Å²) in [6.45, 7) is 1.93. The van der Waals surface area contributed by atoms with Crippen molar-refractivity contribution in [1.29, 1.82) is 0 Å². The van der Waals surface area contributed by atoms with Crippen LogP contribution < -0.4 is 5.32 Å². The van der Waals surface area contributed by atoms with Crippen LogP contribution in [0.5, 0.6) is 5.75 Å². The predicted octanol–water partition coefficient (Wildman–Crippen LogP) is 3.42. The minimum Gasteiger partial charge on any atom is -0.508 e. The van der Waals surface area contributed by atoms with Crippen LogP contribution in [0.4, 0.5) is 5.82 Å². The first-order valence-electron chi connectivity index (χ1n) is 8.12. The van der Waals surface area contributed by atoms with E-state index in [9.17, 15) is 10.2 Å². The second-order valence-corrected chi connectivity index (χ2v) is 7.31. The standard InChI is InChI=1S/C18H19N3O2S/c1-10(16(23)11-5-7-12(22)8-6-11)21-17-15-13-3-2-4-14(13)24-18(15)20-9-19-17/h5-10,16,22-23H,2-4H2,1H3,(H,19,20,21)/t10-,16-/m0/s1. The molecule has 3 N–H and O–H groups in total. The first-order chi connectivity index (χ1) is 11.6. The molecule has 2 heterocycles. The highest BCUT2D eigenvalue weighted by Gasteiger charge is 2.23. The minimum absolute atomic E-state index is 0.193. The number of aromatic nitrogens is 2. The van der Waals surface area contributed by atoms with Gasteiger partial charge in [0.25, 0.3) is 0 Å². The van der Waals surface area contributed by atoms with Gasteiger partial charge in [-0.2, -0.15) is 0 Å². The minimum atomic E-state index is -0.692. The molecule has 0 aliphatic heterocycles. The number of nitrogens with one attached hydrogen (secondary N) is 1. The number of rotatable bonds is 4. The van der Waals surface area contributed by atoms with Crippen molar-refractivity contribution in [3.63, 3.8) is 0 Å². The molecule has 0 spiro atoms. The fourth-order valence-electron chi connectivity index (χ4n) is 3.29. The summed E-state index contributed by atoms with van der Waals surface area (Å²) in [5, 5.41) is 24.4. The quantitative estimate of drug-likeness (QED) is 0.678. The molecule has 0 radical (unpaired) electrons. The highest BCUT2D eigenvalue weighted by Crippen LogP contribution is 2.39. The maximum atomic E-state index is 10.6. The van der Waals surface area contributed by atoms with Gasteiger partial charge in [-0.05, 0) is 49.4 Å². The first-order valence-corrected chi connectivity index (χ1v) is 8.94. The lowest BCUT2D eigenvalue weighted by atomic mass is 10.0. The number of phenolic OH excluding ortho intramolecular Hbond substituents is 1. The second-order valence-electron chi connectivity index (χ2n) is 6.23. The zero-order chi connectivity index (χ0) is 16.7. The number of nitrogens with zero attached hydrogens (tertiary/aromatic N) is 2. The fourth-order valence-corrected chi connectivity index (χ4v) is 4.52. The van der Waals surface area contributed by atoms with E-state index in [4.69, 9.17) is 0 Å². The number of thiophene rings is 1. The van der Waals surface area contributed by atoms with E-state index in [1.807, 2.05) is 6.92 Å². The van der Waals surface area contributed by atoms with Crippen LogP contribution in [0.25, 0.3) is 10.2 Å². The zero-order valence-corrected chi connectivity index (χ0v) is 14.2. The lowest BCUT2D eigenvalue weighted by molar-refractivity contribution is 0.160. The van der Waals surface area contributed by atoms with Gasteiger partial charge in [-0.1, -0.05) is 12.1 Å². The van der Waals surface area contributed by atoms with E-state index in [1.54, 1.807) is 41.9 Å². The Morgan fingerprint density at radius 3 is 2.75 bits per heavy atom. The molecule has 1 aromatic carbocycles. The fraction of sp³-hybridized carbons (Fsp3) is 0.333. The van der Waals surface area contributed by atoms with Crippen molar-refractivity contribution in [2.75, 3.05) is 5.32 Å². The molecule has 2 aromatic heterocycles. The highest BCUT2D eigenvalue weighted by atomic mass is 32.1. The van der Waals surface area contributed by atoms with Gasteiger partial charge in [0, 0.05) is 4.88 Å². The molecule has 5 nitrogen and oxygen atoms in total. The Kier molecular flexibility index (Phi) is 3.86. The van der Waals surface area contributed by atoms with Gasteiger partial charge < -0.3 is 15.5 Å². The van der Waals surface area contributed by atoms with Gasteiger partial charge >= 0.3 is 0 Å². The first kappa shape index (κ1) is 15.4. The Balaban J connectivity index is 1.63. The molecule has 4 rings (SSSR count). The third-order valence-corrected chi connectivity index (χ3v) is 5.77. The van der Waals surface area contributed by atoms with Gasteiger partial charge in [-0.25, -0.2) is 9.97 Å². The van der Waals surface area contributed by atoms with Crippen molar-refractivity contribution in [3.8, 4) is 5.75 Å². The lowest BCUT2D eigenvalue weighted by Crippen LogP contribution is -2.24. The number of anilines is 1. The SMILES string of the molecule is C[C@H](Nc1ncnc2sc3c(c12)CCC3)[C@H](O)c1ccc(O)cc1. The van der Waals surface area contributed by atoms with Crippen molar-refractivity contribution in [2.24, 2.45) is 0 Å². The average molecular weight is 341 g/mol. The Labute approximate surface area is 144 Å². The van der Waals surface area contributed by atoms with E-state index < -0.39 is 6.10 Å². The van der Waals surface area contributed by atoms with E-state index in [0.29, 0.717) is 0 Å². The number of aliphatic hydroxyl groups excluding tert-OH is 1. The van der Waals surface area contributed by atoms with Crippen LogP contribution in [-0.4, -0.2) is 26.2 Å². The number of hydrogen-bond donors (Lipinski definition) is 3. The van der Waals surface area contributed by atoms with Gasteiger partial charge in [0.15, 0.2) is 0 Å². The number of phenols is 1. The molecule has 0 bridgehead atoms. The average Bonchev–Trinajstić information content (AvgIpc) is 3.16. The van der Waals surface area contributed by atoms with Crippen molar-refractivity contribution in [1.82, 2.24) is 9.97 Å². The number of aryl methyl sites for hydroxylation is 2. The highest BCUT2D eigenvalue weighted by molar-refractivity contribution is 7.19. The van der Waals surface area contributed by atoms with Crippen molar-refractivity contribution >= 4 is 27.4 Å². The van der Waals surface area contributed by atoms with Gasteiger partial charge in [0.1, 0.15) is 22.7 Å². The molecule has 24 heavy (non-hydrogen) atoms. The number of aromatic hydroxyl groups is 1. The molecule has 0 saturated carbocycles. The molecular weight excluding hydrogens is 322 g/mol. The van der Waals surface area contributed by atoms with E-state index in [0.717, 1.165) is 34.4 Å². The number of fused-ring (bicyclic) bond motifs is 3. The topological polar surface area (TPSA) is 78.3 Å². The number of hydrogen-bond acceptors (Lipinski definition) is 6. The van der Waals surface area contributed by atoms with Crippen molar-refractivity contribution in [3.05, 3.63) is 46.6 Å². The van der Waals surface area contributed by atoms with Crippen LogP contribution in [0, 0.1) is 0 Å². The summed E-state index contributed by atoms with van der Waals surface area (Å²) in [4.78, 5) is 11.3. The van der Waals surface area contributed by atoms with E-state index in [1.165, 1.54) is 16.9 Å². The van der Waals surface area contributed by atoms with E-state index >= 15 is 0 Å². The van der Waals surface area contributed by atoms with Crippen molar-refractivity contribution < 1.29 is 10.2 Å². The summed E-state index contributed by atoms with van der Waals surface area (Å²) < 4.78 is 0. The monoisotopic (exact) mass is 341 g/mol. The van der Waals surface area contributed by atoms with Crippen molar-refractivity contribution in [2.45, 2.75) is 38.3 Å². The lowest BCUT2D eigenvalue weighted by Gasteiger charge is -2.21. The second kappa shape index (κ2) is 6.03. The van der Waals surface area contributed by atoms with Crippen LogP contribution in [0.1, 0.15) is 35.5 Å². The molecule has 0 amide bonds. The summed E-state index contributed by atoms with van der Waals surface area (Å²) in [5.74, 6) is 0.989. The summed E-state index contributed by atoms with van der Waals surface area (Å²) in [5.41, 5.74) is 2.12. The van der Waals surface area contributed by atoms with Gasteiger partial charge in [-0.3, -0.25) is 0 Å². The third kappa shape index (κ3) is 2.61. The smallest absolute Gasteiger partial charge is 0.138 e. The Hall–Kier alpha value is -2.18. The molecule has 0 saturated heterocycles. The third-order valence-electron chi connectivity index (χ3n) is 4.57. The summed E-state index contributed by atoms with van der Waals surface area (Å²) in [6.07, 6.45) is 4.28. The summed E-state index contributed by atoms with van der Waals surface area (Å²) >= 11 is 1.75. The largest absolute Gasteiger partial charge is 0.508 e. The van der Waals surface area contributed by atoms with E-state index in [2.05, 4.69) is 15.3 Å². The van der Waals surface area contributed by atoms with Crippen LogP contribution in [-0.2, 0) is 12.8 Å². The normalized spacial score (nSPS) is 16.1. The molecule has 0 unspecified atom stereocenters. The summed E-state index contributed by atoms with van der Waals surface area (Å²) in [7, 11) is 0. The molecule has 2 atom stereocenters. The van der Waals surface area contributed by atoms with E-state index in [-0.39, 0.29) is 11.8 Å². The van der Waals surface area contributed by atoms with Crippen LogP contribution >= 0.6 is 11.3 Å². The zero-order valence-electron chi connectivity index (χ0n) is 13.4. The Bertz CT molecular complexity index is 876. The predicted molar refractivity (Wildman–Crippen MR) is 95.6 cm³/mol. The molecule has 124 valence electrons. The molecule has 6 heteroatoms. The molecule has 0 fully saturated rings. The summed E-state index contributed by atoms with van der Waals surface area (Å²) in [6, 6.07) is 6.41. The van der Waals surface area contributed by atoms with Crippen LogP contribution in [0.3, 0.4) is 0 Å². The molecule has 1 aliphatic rings. The maximum Gasteiger partial charge on any atom is 0.138 e. The Morgan fingerprint density at radius 1 is 1.17 bits per heavy atom. The molecule has 1 aliphatic carbocycles. The molecular formula is C18H19N3O2S. The van der Waals surface area contributed by atoms with Crippen LogP contribution in [0.15, 0.2) is 30.6 Å². The van der Waals surface area contributed by atoms with Crippen LogP contribution in [0.2, 0.25) is 0 Å².